The Morgan fingerprint density at radius 2 is 1.87 bits per heavy atom. The van der Waals surface area contributed by atoms with Crippen LogP contribution in [-0.4, -0.2) is 11.4 Å². The summed E-state index contributed by atoms with van der Waals surface area (Å²) in [5.74, 6) is 0.661. The molecular formula is C12H17BrIN. The smallest absolute Gasteiger partial charge is 0.0208 e. The monoisotopic (exact) mass is 381 g/mol. The molecule has 0 heterocycles. The molecule has 2 atom stereocenters. The molecule has 1 nitrogen and oxygen atoms in total. The summed E-state index contributed by atoms with van der Waals surface area (Å²) in [6.07, 6.45) is 0. The van der Waals surface area contributed by atoms with Gasteiger partial charge in [0.2, 0.25) is 0 Å². The third-order valence-corrected chi connectivity index (χ3v) is 4.38. The number of halogens is 2. The lowest BCUT2D eigenvalue weighted by molar-refractivity contribution is 0.433. The van der Waals surface area contributed by atoms with Gasteiger partial charge in [-0.05, 0) is 53.1 Å². The molecule has 84 valence electrons. The van der Waals surface area contributed by atoms with Crippen LogP contribution in [0.5, 0.6) is 0 Å². The van der Waals surface area contributed by atoms with Crippen molar-refractivity contribution >= 4 is 38.5 Å². The summed E-state index contributed by atoms with van der Waals surface area (Å²) in [7, 11) is 0. The van der Waals surface area contributed by atoms with Crippen LogP contribution in [0.3, 0.4) is 0 Å². The Balaban J connectivity index is 2.40. The van der Waals surface area contributed by atoms with Crippen molar-refractivity contribution in [3.8, 4) is 0 Å². The first-order valence-corrected chi connectivity index (χ1v) is 7.37. The lowest BCUT2D eigenvalue weighted by atomic mass is 10.1. The van der Waals surface area contributed by atoms with Crippen molar-refractivity contribution in [1.29, 1.82) is 0 Å². The van der Waals surface area contributed by atoms with E-state index in [0.29, 0.717) is 12.0 Å². The van der Waals surface area contributed by atoms with Crippen LogP contribution in [0.2, 0.25) is 0 Å². The zero-order valence-corrected chi connectivity index (χ0v) is 12.9. The molecule has 15 heavy (non-hydrogen) atoms. The van der Waals surface area contributed by atoms with E-state index < -0.39 is 0 Å². The number of alkyl halides is 1. The molecule has 0 amide bonds. The third-order valence-electron chi connectivity index (χ3n) is 2.64. The van der Waals surface area contributed by atoms with Crippen molar-refractivity contribution in [1.82, 2.24) is 5.32 Å². The summed E-state index contributed by atoms with van der Waals surface area (Å²) >= 11 is 5.84. The quantitative estimate of drug-likeness (QED) is 0.604. The van der Waals surface area contributed by atoms with Gasteiger partial charge >= 0.3 is 0 Å². The van der Waals surface area contributed by atoms with E-state index in [1.807, 2.05) is 0 Å². The number of nitrogens with one attached hydrogen (secondary N) is 1. The summed E-state index contributed by atoms with van der Waals surface area (Å²) < 4.78 is 1.29. The molecule has 0 radical (unpaired) electrons. The van der Waals surface area contributed by atoms with Crippen molar-refractivity contribution in [2.45, 2.75) is 26.4 Å². The lowest BCUT2D eigenvalue weighted by Gasteiger charge is -2.19. The van der Waals surface area contributed by atoms with Crippen LogP contribution >= 0.6 is 38.5 Å². The molecular weight excluding hydrogens is 365 g/mol. The fraction of sp³-hybridized carbons (Fsp3) is 0.500. The highest BCUT2D eigenvalue weighted by Crippen LogP contribution is 2.09. The van der Waals surface area contributed by atoms with Gasteiger partial charge in [-0.1, -0.05) is 35.0 Å². The van der Waals surface area contributed by atoms with Gasteiger partial charge in [0, 0.05) is 21.5 Å². The summed E-state index contributed by atoms with van der Waals surface area (Å²) in [6, 6.07) is 9.20. The SMILES string of the molecule is CC(CBr)C(C)NCc1ccc(I)cc1. The minimum absolute atomic E-state index is 0.545. The minimum Gasteiger partial charge on any atom is -0.310 e. The Hall–Kier alpha value is 0.390. The highest BCUT2D eigenvalue weighted by atomic mass is 127. The van der Waals surface area contributed by atoms with Crippen molar-refractivity contribution < 1.29 is 0 Å². The first-order chi connectivity index (χ1) is 7.13. The predicted octanol–water partition coefficient (Wildman–Crippen LogP) is 3.80. The third kappa shape index (κ3) is 4.83. The van der Waals surface area contributed by atoms with Crippen LogP contribution < -0.4 is 5.32 Å². The van der Waals surface area contributed by atoms with Crippen molar-refractivity contribution in [3.63, 3.8) is 0 Å². The molecule has 0 fully saturated rings. The number of hydrogen-bond donors (Lipinski definition) is 1. The van der Waals surface area contributed by atoms with Gasteiger partial charge in [0.05, 0.1) is 0 Å². The first kappa shape index (κ1) is 13.5. The Bertz CT molecular complexity index is 286. The van der Waals surface area contributed by atoms with E-state index in [1.54, 1.807) is 0 Å². The fourth-order valence-corrected chi connectivity index (χ4v) is 2.14. The highest BCUT2D eigenvalue weighted by molar-refractivity contribution is 14.1. The van der Waals surface area contributed by atoms with Crippen LogP contribution in [0.4, 0.5) is 0 Å². The van der Waals surface area contributed by atoms with Gasteiger partial charge in [-0.2, -0.15) is 0 Å². The van der Waals surface area contributed by atoms with E-state index in [1.165, 1.54) is 9.13 Å². The topological polar surface area (TPSA) is 12.0 Å². The van der Waals surface area contributed by atoms with Gasteiger partial charge in [-0.15, -0.1) is 0 Å². The van der Waals surface area contributed by atoms with Crippen LogP contribution in [-0.2, 0) is 6.54 Å². The first-order valence-electron chi connectivity index (χ1n) is 5.17. The van der Waals surface area contributed by atoms with Gasteiger partial charge in [-0.25, -0.2) is 0 Å². The van der Waals surface area contributed by atoms with E-state index in [-0.39, 0.29) is 0 Å². The fourth-order valence-electron chi connectivity index (χ4n) is 1.22. The molecule has 0 bridgehead atoms. The molecule has 0 aliphatic rings. The lowest BCUT2D eigenvalue weighted by Crippen LogP contribution is -2.32. The molecule has 2 unspecified atom stereocenters. The van der Waals surface area contributed by atoms with E-state index in [2.05, 4.69) is 82.0 Å². The van der Waals surface area contributed by atoms with Crippen LogP contribution in [0.1, 0.15) is 19.4 Å². The maximum atomic E-state index is 3.54. The molecule has 0 aliphatic heterocycles. The maximum Gasteiger partial charge on any atom is 0.0208 e. The van der Waals surface area contributed by atoms with Crippen LogP contribution in [0.25, 0.3) is 0 Å². The summed E-state index contributed by atoms with van der Waals surface area (Å²) in [6.45, 7) is 5.44. The van der Waals surface area contributed by atoms with E-state index in [9.17, 15) is 0 Å². The van der Waals surface area contributed by atoms with Crippen molar-refractivity contribution in [2.24, 2.45) is 5.92 Å². The molecule has 0 saturated heterocycles. The number of rotatable bonds is 5. The molecule has 0 saturated carbocycles. The van der Waals surface area contributed by atoms with Crippen LogP contribution in [0, 0.1) is 9.49 Å². The minimum atomic E-state index is 0.545. The second-order valence-corrected chi connectivity index (χ2v) is 5.82. The molecule has 1 aromatic carbocycles. The second-order valence-electron chi connectivity index (χ2n) is 3.93. The molecule has 3 heteroatoms. The van der Waals surface area contributed by atoms with Gasteiger partial charge in [-0.3, -0.25) is 0 Å². The Morgan fingerprint density at radius 3 is 2.40 bits per heavy atom. The average Bonchev–Trinajstić information content (AvgIpc) is 2.26. The van der Waals surface area contributed by atoms with Crippen molar-refractivity contribution in [2.75, 3.05) is 5.33 Å². The second kappa shape index (κ2) is 6.86. The predicted molar refractivity (Wildman–Crippen MR) is 78.4 cm³/mol. The molecule has 0 aromatic heterocycles. The summed E-state index contributed by atoms with van der Waals surface area (Å²) in [5.41, 5.74) is 1.35. The summed E-state index contributed by atoms with van der Waals surface area (Å²) in [4.78, 5) is 0. The molecule has 1 N–H and O–H groups in total. The van der Waals surface area contributed by atoms with Gasteiger partial charge in [0.1, 0.15) is 0 Å². The number of benzene rings is 1. The van der Waals surface area contributed by atoms with Crippen molar-refractivity contribution in [3.05, 3.63) is 33.4 Å². The van der Waals surface area contributed by atoms with Gasteiger partial charge in [0.15, 0.2) is 0 Å². The van der Waals surface area contributed by atoms with E-state index in [4.69, 9.17) is 0 Å². The van der Waals surface area contributed by atoms with Gasteiger partial charge in [0.25, 0.3) is 0 Å². The van der Waals surface area contributed by atoms with Crippen LogP contribution in [0.15, 0.2) is 24.3 Å². The standard InChI is InChI=1S/C12H17BrIN/c1-9(7-13)10(2)15-8-11-3-5-12(14)6-4-11/h3-6,9-10,15H,7-8H2,1-2H3. The zero-order valence-electron chi connectivity index (χ0n) is 9.13. The maximum absolute atomic E-state index is 3.54. The normalized spacial score (nSPS) is 14.9. The highest BCUT2D eigenvalue weighted by Gasteiger charge is 2.09. The zero-order chi connectivity index (χ0) is 11.3. The summed E-state index contributed by atoms with van der Waals surface area (Å²) in [5, 5.41) is 4.59. The molecule has 1 rings (SSSR count). The Kier molecular flexibility index (Phi) is 6.16. The Morgan fingerprint density at radius 1 is 1.27 bits per heavy atom. The average molecular weight is 382 g/mol. The molecule has 0 spiro atoms. The molecule has 1 aromatic rings. The Labute approximate surface area is 114 Å². The molecule has 0 aliphatic carbocycles. The van der Waals surface area contributed by atoms with E-state index >= 15 is 0 Å². The number of hydrogen-bond acceptors (Lipinski definition) is 1. The largest absolute Gasteiger partial charge is 0.310 e. The van der Waals surface area contributed by atoms with E-state index in [0.717, 1.165) is 11.9 Å². The van der Waals surface area contributed by atoms with Gasteiger partial charge < -0.3 is 5.32 Å².